The van der Waals surface area contributed by atoms with Crippen LogP contribution in [0.3, 0.4) is 0 Å². The lowest BCUT2D eigenvalue weighted by molar-refractivity contribution is -0.118. The van der Waals surface area contributed by atoms with Crippen molar-refractivity contribution in [3.63, 3.8) is 0 Å². The quantitative estimate of drug-likeness (QED) is 0.447. The summed E-state index contributed by atoms with van der Waals surface area (Å²) in [6.45, 7) is 3.85. The Bertz CT molecular complexity index is 1470. The Hall–Kier alpha value is -4.19. The van der Waals surface area contributed by atoms with Crippen molar-refractivity contribution in [2.75, 3.05) is 5.32 Å². The first-order valence-corrected chi connectivity index (χ1v) is 11.3. The van der Waals surface area contributed by atoms with Crippen LogP contribution < -0.4 is 5.32 Å². The largest absolute Gasteiger partial charge is 0.478 e. The number of aromatic carboxylic acids is 1. The van der Waals surface area contributed by atoms with Gasteiger partial charge in [-0.15, -0.1) is 0 Å². The molecule has 0 radical (unpaired) electrons. The first-order valence-electron chi connectivity index (χ1n) is 11.3. The smallest absolute Gasteiger partial charge is 0.335 e. The lowest BCUT2D eigenvalue weighted by Crippen LogP contribution is -2.21. The number of aromatic nitrogens is 2. The van der Waals surface area contributed by atoms with Crippen molar-refractivity contribution in [2.45, 2.75) is 31.6 Å². The van der Waals surface area contributed by atoms with Crippen molar-refractivity contribution in [1.29, 1.82) is 0 Å². The van der Waals surface area contributed by atoms with Crippen molar-refractivity contribution in [2.24, 2.45) is 0 Å². The fraction of sp³-hybridized carbons (Fsp3) is 0.179. The Morgan fingerprint density at radius 3 is 2.59 bits per heavy atom. The molecule has 6 heteroatoms. The number of hydrogen-bond acceptors (Lipinski definition) is 3. The summed E-state index contributed by atoms with van der Waals surface area (Å²) in [6.07, 6.45) is 4.33. The maximum absolute atomic E-state index is 13.2. The molecule has 1 fully saturated rings. The van der Waals surface area contributed by atoms with Gasteiger partial charge in [0.2, 0.25) is 5.91 Å². The Labute approximate surface area is 196 Å². The van der Waals surface area contributed by atoms with Gasteiger partial charge < -0.3 is 10.4 Å². The van der Waals surface area contributed by atoms with Crippen molar-refractivity contribution in [1.82, 2.24) is 9.78 Å². The van der Waals surface area contributed by atoms with Crippen LogP contribution in [0.15, 0.2) is 73.1 Å². The predicted molar refractivity (Wildman–Crippen MR) is 130 cm³/mol. The number of carboxylic acid groups (broad SMARTS) is 1. The van der Waals surface area contributed by atoms with Gasteiger partial charge in [0, 0.05) is 24.0 Å². The standard InChI is InChI=1S/C28H23N3O3/c1-16-4-5-19(13-22(16)26(32)33)24-15-28(24)23-14-21(17(2)12-25(23)30-27(28)34)18-6-8-20(9-7-18)31-11-3-10-29-31/h3-14,24H,15H2,1-2H3,(H,30,34)(H,32,33). The van der Waals surface area contributed by atoms with Gasteiger partial charge in [-0.3, -0.25) is 4.79 Å². The van der Waals surface area contributed by atoms with Gasteiger partial charge in [0.1, 0.15) is 0 Å². The summed E-state index contributed by atoms with van der Waals surface area (Å²) in [7, 11) is 0. The minimum absolute atomic E-state index is 0.00414. The molecular weight excluding hydrogens is 426 g/mol. The molecule has 0 bridgehead atoms. The molecule has 168 valence electrons. The van der Waals surface area contributed by atoms with E-state index in [2.05, 4.69) is 35.5 Å². The molecule has 1 aromatic heterocycles. The van der Waals surface area contributed by atoms with E-state index >= 15 is 0 Å². The first-order chi connectivity index (χ1) is 16.4. The van der Waals surface area contributed by atoms with E-state index in [-0.39, 0.29) is 11.8 Å². The molecule has 1 amide bonds. The van der Waals surface area contributed by atoms with Gasteiger partial charge in [-0.1, -0.05) is 24.3 Å². The number of nitrogens with one attached hydrogen (secondary N) is 1. The van der Waals surface area contributed by atoms with Crippen LogP contribution in [0, 0.1) is 13.8 Å². The Morgan fingerprint density at radius 1 is 1.09 bits per heavy atom. The maximum Gasteiger partial charge on any atom is 0.335 e. The van der Waals surface area contributed by atoms with Crippen molar-refractivity contribution < 1.29 is 14.7 Å². The number of nitrogens with zero attached hydrogens (tertiary/aromatic N) is 2. The third-order valence-corrected chi connectivity index (χ3v) is 7.30. The zero-order valence-corrected chi connectivity index (χ0v) is 18.9. The highest BCUT2D eigenvalue weighted by Crippen LogP contribution is 2.65. The maximum atomic E-state index is 13.2. The van der Waals surface area contributed by atoms with E-state index in [1.54, 1.807) is 19.2 Å². The van der Waals surface area contributed by atoms with E-state index in [4.69, 9.17) is 0 Å². The monoisotopic (exact) mass is 449 g/mol. The van der Waals surface area contributed by atoms with Crippen molar-refractivity contribution in [3.05, 3.63) is 101 Å². The van der Waals surface area contributed by atoms with E-state index in [0.29, 0.717) is 12.0 Å². The molecular formula is C28H23N3O3. The number of amides is 1. The lowest BCUT2D eigenvalue weighted by Gasteiger charge is -2.14. The van der Waals surface area contributed by atoms with Crippen LogP contribution in [0.4, 0.5) is 5.69 Å². The van der Waals surface area contributed by atoms with E-state index in [9.17, 15) is 14.7 Å². The van der Waals surface area contributed by atoms with Crippen LogP contribution >= 0.6 is 0 Å². The van der Waals surface area contributed by atoms with Gasteiger partial charge in [0.25, 0.3) is 0 Å². The predicted octanol–water partition coefficient (Wildman–Crippen LogP) is 5.23. The van der Waals surface area contributed by atoms with E-state index in [0.717, 1.165) is 44.8 Å². The van der Waals surface area contributed by atoms with E-state index in [1.807, 2.05) is 47.3 Å². The second-order valence-electron chi connectivity index (χ2n) is 9.27. The summed E-state index contributed by atoms with van der Waals surface area (Å²) >= 11 is 0. The van der Waals surface area contributed by atoms with Crippen LogP contribution in [0.1, 0.15) is 45.0 Å². The number of hydrogen-bond donors (Lipinski definition) is 2. The highest BCUT2D eigenvalue weighted by Gasteiger charge is 2.65. The summed E-state index contributed by atoms with van der Waals surface area (Å²) in [6, 6.07) is 19.8. The second kappa shape index (κ2) is 7.15. The summed E-state index contributed by atoms with van der Waals surface area (Å²) in [5, 5.41) is 16.9. The number of anilines is 1. The number of carboxylic acids is 1. The Kier molecular flexibility index (Phi) is 4.30. The van der Waals surface area contributed by atoms with E-state index in [1.165, 1.54) is 0 Å². The molecule has 2 heterocycles. The van der Waals surface area contributed by atoms with Gasteiger partial charge >= 0.3 is 5.97 Å². The highest BCUT2D eigenvalue weighted by atomic mass is 16.4. The third kappa shape index (κ3) is 2.91. The van der Waals surface area contributed by atoms with Gasteiger partial charge in [-0.2, -0.15) is 5.10 Å². The fourth-order valence-electron chi connectivity index (χ4n) is 5.36. The summed E-state index contributed by atoms with van der Waals surface area (Å²) in [5.41, 5.74) is 7.35. The average molecular weight is 450 g/mol. The molecule has 3 aromatic carbocycles. The molecule has 6 rings (SSSR count). The van der Waals surface area contributed by atoms with Crippen LogP contribution in [-0.2, 0) is 10.2 Å². The number of aryl methyl sites for hydroxylation is 2. The lowest BCUT2D eigenvalue weighted by atomic mass is 9.87. The molecule has 2 N–H and O–H groups in total. The summed E-state index contributed by atoms with van der Waals surface area (Å²) < 4.78 is 1.82. The van der Waals surface area contributed by atoms with Crippen molar-refractivity contribution in [3.8, 4) is 16.8 Å². The molecule has 1 aliphatic heterocycles. The minimum Gasteiger partial charge on any atom is -0.478 e. The molecule has 2 aliphatic rings. The topological polar surface area (TPSA) is 84.2 Å². The number of fused-ring (bicyclic) bond motifs is 2. The molecule has 34 heavy (non-hydrogen) atoms. The number of carbonyl (C=O) groups excluding carboxylic acids is 1. The van der Waals surface area contributed by atoms with Crippen LogP contribution in [0.2, 0.25) is 0 Å². The normalized spacial score (nSPS) is 20.3. The van der Waals surface area contributed by atoms with Gasteiger partial charge in [-0.05, 0) is 90.0 Å². The highest BCUT2D eigenvalue weighted by molar-refractivity contribution is 6.10. The van der Waals surface area contributed by atoms with Gasteiger partial charge in [-0.25, -0.2) is 9.48 Å². The van der Waals surface area contributed by atoms with E-state index < -0.39 is 11.4 Å². The summed E-state index contributed by atoms with van der Waals surface area (Å²) in [5.74, 6) is -0.984. The molecule has 0 saturated heterocycles. The number of benzene rings is 3. The summed E-state index contributed by atoms with van der Waals surface area (Å²) in [4.78, 5) is 24.8. The van der Waals surface area contributed by atoms with Crippen LogP contribution in [-0.4, -0.2) is 26.8 Å². The zero-order chi connectivity index (χ0) is 23.6. The number of rotatable bonds is 4. The zero-order valence-electron chi connectivity index (χ0n) is 18.9. The Morgan fingerprint density at radius 2 is 1.88 bits per heavy atom. The minimum atomic E-state index is -0.943. The molecule has 2 unspecified atom stereocenters. The number of carbonyl (C=O) groups is 2. The fourth-order valence-corrected chi connectivity index (χ4v) is 5.36. The van der Waals surface area contributed by atoms with Crippen LogP contribution in [0.25, 0.3) is 16.8 Å². The van der Waals surface area contributed by atoms with Crippen LogP contribution in [0.5, 0.6) is 0 Å². The van der Waals surface area contributed by atoms with Gasteiger partial charge in [0.15, 0.2) is 0 Å². The molecule has 2 atom stereocenters. The van der Waals surface area contributed by atoms with Gasteiger partial charge in [0.05, 0.1) is 16.7 Å². The molecule has 1 spiro atoms. The second-order valence-corrected chi connectivity index (χ2v) is 9.27. The van der Waals surface area contributed by atoms with Crippen molar-refractivity contribution >= 4 is 17.6 Å². The Balaban J connectivity index is 1.39. The molecule has 6 nitrogen and oxygen atoms in total. The first kappa shape index (κ1) is 20.4. The molecule has 1 saturated carbocycles. The third-order valence-electron chi connectivity index (χ3n) is 7.30. The average Bonchev–Trinajstić information content (AvgIpc) is 3.21. The molecule has 4 aromatic rings. The SMILES string of the molecule is Cc1ccc(C2CC23C(=O)Nc2cc(C)c(-c4ccc(-n5cccn5)cc4)cc23)cc1C(=O)O. The molecule has 1 aliphatic carbocycles.